The molecule has 0 atom stereocenters. The average Bonchev–Trinajstić information content (AvgIpc) is 2.19. The zero-order valence-corrected chi connectivity index (χ0v) is 9.53. The maximum atomic E-state index is 8.88. The Morgan fingerprint density at radius 1 is 1.40 bits per heavy atom. The van der Waals surface area contributed by atoms with Gasteiger partial charge >= 0.3 is 0 Å². The van der Waals surface area contributed by atoms with E-state index in [-0.39, 0.29) is 12.0 Å². The molecule has 1 heterocycles. The summed E-state index contributed by atoms with van der Waals surface area (Å²) in [6.45, 7) is 6.22. The molecule has 0 saturated heterocycles. The first-order chi connectivity index (χ1) is 7.14. The molecule has 0 bridgehead atoms. The van der Waals surface area contributed by atoms with Crippen LogP contribution in [0.25, 0.3) is 0 Å². The summed E-state index contributed by atoms with van der Waals surface area (Å²) < 4.78 is 0. The Morgan fingerprint density at radius 2 is 2.20 bits per heavy atom. The first kappa shape index (κ1) is 12.1. The summed E-state index contributed by atoms with van der Waals surface area (Å²) in [6, 6.07) is 5.91. The molecule has 1 aromatic heterocycles. The summed E-state index contributed by atoms with van der Waals surface area (Å²) in [4.78, 5) is 4.23. The van der Waals surface area contributed by atoms with Crippen molar-refractivity contribution in [2.24, 2.45) is 5.41 Å². The summed E-state index contributed by atoms with van der Waals surface area (Å²) in [5.41, 5.74) is 1.20. The highest BCUT2D eigenvalue weighted by Gasteiger charge is 2.16. The first-order valence-electron chi connectivity index (χ1n) is 5.35. The van der Waals surface area contributed by atoms with Gasteiger partial charge in [0.15, 0.2) is 0 Å². The lowest BCUT2D eigenvalue weighted by atomic mass is 9.90. The standard InChI is InChI=1S/C12H20N2O/c1-12(2,6-8-15)10-13-9-11-5-3-4-7-14-11/h3-5,7,13,15H,6,8-10H2,1-2H3. The van der Waals surface area contributed by atoms with Gasteiger partial charge in [0, 0.05) is 25.9 Å². The lowest BCUT2D eigenvalue weighted by Gasteiger charge is -2.23. The van der Waals surface area contributed by atoms with E-state index in [2.05, 4.69) is 24.1 Å². The van der Waals surface area contributed by atoms with Crippen molar-refractivity contribution in [1.29, 1.82) is 0 Å². The Hall–Kier alpha value is -0.930. The van der Waals surface area contributed by atoms with Crippen LogP contribution in [0.1, 0.15) is 26.0 Å². The molecular weight excluding hydrogens is 188 g/mol. The molecule has 3 heteroatoms. The quantitative estimate of drug-likeness (QED) is 0.746. The second-order valence-corrected chi connectivity index (χ2v) is 4.56. The van der Waals surface area contributed by atoms with Gasteiger partial charge in [0.1, 0.15) is 0 Å². The summed E-state index contributed by atoms with van der Waals surface area (Å²) in [5, 5.41) is 12.2. The molecule has 0 aliphatic carbocycles. The molecule has 0 aromatic carbocycles. The van der Waals surface area contributed by atoms with E-state index in [0.29, 0.717) is 0 Å². The topological polar surface area (TPSA) is 45.1 Å². The van der Waals surface area contributed by atoms with Gasteiger partial charge in [-0.15, -0.1) is 0 Å². The third kappa shape index (κ3) is 4.91. The maximum absolute atomic E-state index is 8.88. The fourth-order valence-electron chi connectivity index (χ4n) is 1.42. The third-order valence-electron chi connectivity index (χ3n) is 2.42. The zero-order chi connectivity index (χ0) is 11.1. The van der Waals surface area contributed by atoms with Crippen LogP contribution in [0.3, 0.4) is 0 Å². The van der Waals surface area contributed by atoms with Crippen LogP contribution < -0.4 is 5.32 Å². The Kier molecular flexibility index (Phi) is 4.72. The van der Waals surface area contributed by atoms with Crippen molar-refractivity contribution in [2.45, 2.75) is 26.8 Å². The lowest BCUT2D eigenvalue weighted by Crippen LogP contribution is -2.30. The summed E-state index contributed by atoms with van der Waals surface area (Å²) in [7, 11) is 0. The molecule has 0 amide bonds. The van der Waals surface area contributed by atoms with Gasteiger partial charge in [0.05, 0.1) is 5.69 Å². The van der Waals surface area contributed by atoms with E-state index in [9.17, 15) is 0 Å². The van der Waals surface area contributed by atoms with Crippen LogP contribution in [-0.4, -0.2) is 23.2 Å². The fraction of sp³-hybridized carbons (Fsp3) is 0.583. The predicted molar refractivity (Wildman–Crippen MR) is 61.4 cm³/mol. The van der Waals surface area contributed by atoms with Crippen LogP contribution in [0.15, 0.2) is 24.4 Å². The van der Waals surface area contributed by atoms with E-state index in [1.165, 1.54) is 0 Å². The Morgan fingerprint density at radius 3 is 2.80 bits per heavy atom. The van der Waals surface area contributed by atoms with E-state index < -0.39 is 0 Å². The number of aliphatic hydroxyl groups excluding tert-OH is 1. The van der Waals surface area contributed by atoms with Crippen molar-refractivity contribution in [3.8, 4) is 0 Å². The molecule has 0 aliphatic heterocycles. The average molecular weight is 208 g/mol. The van der Waals surface area contributed by atoms with Crippen LogP contribution >= 0.6 is 0 Å². The van der Waals surface area contributed by atoms with Crippen LogP contribution in [-0.2, 0) is 6.54 Å². The van der Waals surface area contributed by atoms with Gasteiger partial charge in [-0.3, -0.25) is 4.98 Å². The molecule has 1 aromatic rings. The molecule has 3 nitrogen and oxygen atoms in total. The predicted octanol–water partition coefficient (Wildman–Crippen LogP) is 1.58. The monoisotopic (exact) mass is 208 g/mol. The summed E-state index contributed by atoms with van der Waals surface area (Å²) >= 11 is 0. The van der Waals surface area contributed by atoms with Crippen LogP contribution in [0.4, 0.5) is 0 Å². The molecule has 0 radical (unpaired) electrons. The molecule has 1 rings (SSSR count). The van der Waals surface area contributed by atoms with E-state index in [1.54, 1.807) is 6.20 Å². The minimum atomic E-state index is 0.142. The largest absolute Gasteiger partial charge is 0.396 e. The molecule has 15 heavy (non-hydrogen) atoms. The van der Waals surface area contributed by atoms with Gasteiger partial charge in [-0.25, -0.2) is 0 Å². The van der Waals surface area contributed by atoms with Gasteiger partial charge in [0.25, 0.3) is 0 Å². The van der Waals surface area contributed by atoms with Crippen molar-refractivity contribution in [2.75, 3.05) is 13.2 Å². The number of hydrogen-bond donors (Lipinski definition) is 2. The number of rotatable bonds is 6. The molecule has 0 saturated carbocycles. The van der Waals surface area contributed by atoms with Crippen molar-refractivity contribution < 1.29 is 5.11 Å². The molecule has 0 unspecified atom stereocenters. The highest BCUT2D eigenvalue weighted by molar-refractivity contribution is 5.02. The van der Waals surface area contributed by atoms with Gasteiger partial charge in [-0.1, -0.05) is 19.9 Å². The SMILES string of the molecule is CC(C)(CCO)CNCc1ccccn1. The number of nitrogens with zero attached hydrogens (tertiary/aromatic N) is 1. The minimum absolute atomic E-state index is 0.142. The normalized spacial score (nSPS) is 11.7. The smallest absolute Gasteiger partial charge is 0.0541 e. The highest BCUT2D eigenvalue weighted by Crippen LogP contribution is 2.17. The van der Waals surface area contributed by atoms with Crippen molar-refractivity contribution in [3.05, 3.63) is 30.1 Å². The number of aliphatic hydroxyl groups is 1. The van der Waals surface area contributed by atoms with Crippen molar-refractivity contribution in [1.82, 2.24) is 10.3 Å². The van der Waals surface area contributed by atoms with Gasteiger partial charge in [0.2, 0.25) is 0 Å². The third-order valence-corrected chi connectivity index (χ3v) is 2.42. The Labute approximate surface area is 91.5 Å². The molecular formula is C12H20N2O. The van der Waals surface area contributed by atoms with E-state index in [4.69, 9.17) is 5.11 Å². The second kappa shape index (κ2) is 5.83. The zero-order valence-electron chi connectivity index (χ0n) is 9.53. The molecule has 0 fully saturated rings. The van der Waals surface area contributed by atoms with Crippen molar-refractivity contribution in [3.63, 3.8) is 0 Å². The van der Waals surface area contributed by atoms with E-state index >= 15 is 0 Å². The Bertz CT molecular complexity index is 272. The van der Waals surface area contributed by atoms with E-state index in [1.807, 2.05) is 18.2 Å². The number of aromatic nitrogens is 1. The summed E-state index contributed by atoms with van der Waals surface area (Å²) in [6.07, 6.45) is 2.62. The van der Waals surface area contributed by atoms with Gasteiger partial charge in [-0.05, 0) is 24.0 Å². The first-order valence-corrected chi connectivity index (χ1v) is 5.35. The number of hydrogen-bond acceptors (Lipinski definition) is 3. The Balaban J connectivity index is 2.27. The molecule has 0 aliphatic rings. The molecule has 84 valence electrons. The number of nitrogens with one attached hydrogen (secondary N) is 1. The van der Waals surface area contributed by atoms with Crippen LogP contribution in [0, 0.1) is 5.41 Å². The molecule has 0 spiro atoms. The lowest BCUT2D eigenvalue weighted by molar-refractivity contribution is 0.207. The summed E-state index contributed by atoms with van der Waals surface area (Å²) in [5.74, 6) is 0. The molecule has 2 N–H and O–H groups in total. The van der Waals surface area contributed by atoms with Crippen LogP contribution in [0.2, 0.25) is 0 Å². The maximum Gasteiger partial charge on any atom is 0.0541 e. The van der Waals surface area contributed by atoms with Crippen molar-refractivity contribution >= 4 is 0 Å². The van der Waals surface area contributed by atoms with Gasteiger partial charge < -0.3 is 10.4 Å². The fourth-order valence-corrected chi connectivity index (χ4v) is 1.42. The van der Waals surface area contributed by atoms with E-state index in [0.717, 1.165) is 25.2 Å². The highest BCUT2D eigenvalue weighted by atomic mass is 16.3. The number of pyridine rings is 1. The second-order valence-electron chi connectivity index (χ2n) is 4.56. The van der Waals surface area contributed by atoms with Crippen LogP contribution in [0.5, 0.6) is 0 Å². The van der Waals surface area contributed by atoms with Gasteiger partial charge in [-0.2, -0.15) is 0 Å². The minimum Gasteiger partial charge on any atom is -0.396 e.